The van der Waals surface area contributed by atoms with E-state index in [1.807, 2.05) is 6.07 Å². The first-order chi connectivity index (χ1) is 9.04. The number of hydrogen-bond donors (Lipinski definition) is 1. The monoisotopic (exact) mass is 260 g/mol. The first-order valence-corrected chi connectivity index (χ1v) is 6.05. The highest BCUT2D eigenvalue weighted by atomic mass is 16.5. The average Bonchev–Trinajstić information content (AvgIpc) is 2.41. The van der Waals surface area contributed by atoms with Crippen molar-refractivity contribution in [2.75, 3.05) is 7.11 Å². The topological polar surface area (TPSA) is 55.8 Å². The summed E-state index contributed by atoms with van der Waals surface area (Å²) in [5, 5.41) is 11.3. The van der Waals surface area contributed by atoms with Crippen LogP contribution in [0.5, 0.6) is 17.2 Å². The maximum Gasteiger partial charge on any atom is 0.313 e. The van der Waals surface area contributed by atoms with Crippen LogP contribution in [0.15, 0.2) is 30.3 Å². The summed E-state index contributed by atoms with van der Waals surface area (Å²) in [4.78, 5) is 11.7. The summed E-state index contributed by atoms with van der Waals surface area (Å²) in [6.45, 7) is 3.53. The quantitative estimate of drug-likeness (QED) is 0.680. The van der Waals surface area contributed by atoms with E-state index in [4.69, 9.17) is 9.47 Å². The summed E-state index contributed by atoms with van der Waals surface area (Å²) in [6.07, 6.45) is 0. The van der Waals surface area contributed by atoms with E-state index in [0.717, 1.165) is 0 Å². The van der Waals surface area contributed by atoms with Gasteiger partial charge in [0.05, 0.1) is 13.0 Å². The number of hydrogen-bond acceptors (Lipinski definition) is 4. The largest absolute Gasteiger partial charge is 0.504 e. The van der Waals surface area contributed by atoms with Crippen LogP contribution >= 0.6 is 0 Å². The van der Waals surface area contributed by atoms with Crippen LogP contribution in [0.3, 0.4) is 0 Å². The summed E-state index contributed by atoms with van der Waals surface area (Å²) >= 11 is 0. The minimum atomic E-state index is -0.321. The molecule has 0 aliphatic carbocycles. The van der Waals surface area contributed by atoms with Gasteiger partial charge in [0.2, 0.25) is 0 Å². The lowest BCUT2D eigenvalue weighted by Crippen LogP contribution is -2.15. The van der Waals surface area contributed by atoms with E-state index in [9.17, 15) is 9.90 Å². The van der Waals surface area contributed by atoms with Crippen LogP contribution in [0.4, 0.5) is 0 Å². The molecular formula is C15H16O4. The van der Waals surface area contributed by atoms with Crippen LogP contribution in [0.2, 0.25) is 0 Å². The lowest BCUT2D eigenvalue weighted by Gasteiger charge is -2.13. The highest BCUT2D eigenvalue weighted by Gasteiger charge is 2.16. The number of esters is 1. The number of rotatable bonds is 3. The van der Waals surface area contributed by atoms with Crippen LogP contribution in [-0.2, 0) is 4.79 Å². The molecule has 2 aromatic rings. The Morgan fingerprint density at radius 1 is 1.16 bits per heavy atom. The molecule has 0 heterocycles. The summed E-state index contributed by atoms with van der Waals surface area (Å²) in [7, 11) is 1.46. The Morgan fingerprint density at radius 3 is 2.37 bits per heavy atom. The molecule has 1 N–H and O–H groups in total. The molecule has 100 valence electrons. The van der Waals surface area contributed by atoms with Gasteiger partial charge in [-0.3, -0.25) is 4.79 Å². The highest BCUT2D eigenvalue weighted by molar-refractivity contribution is 5.96. The van der Waals surface area contributed by atoms with E-state index in [1.165, 1.54) is 13.2 Å². The standard InChI is InChI=1S/C15H16O4/c1-9(2)15(17)19-12-8-13(18-3)14(16)11-7-5-4-6-10(11)12/h4-9,16H,1-3H3. The first-order valence-electron chi connectivity index (χ1n) is 6.05. The molecule has 0 amide bonds. The molecule has 4 heteroatoms. The minimum absolute atomic E-state index is 0.0439. The molecule has 0 spiro atoms. The van der Waals surface area contributed by atoms with Crippen molar-refractivity contribution in [2.45, 2.75) is 13.8 Å². The SMILES string of the molecule is COc1cc(OC(=O)C(C)C)c2ccccc2c1O. The van der Waals surface area contributed by atoms with Gasteiger partial charge in [0.1, 0.15) is 5.75 Å². The summed E-state index contributed by atoms with van der Waals surface area (Å²) < 4.78 is 10.5. The lowest BCUT2D eigenvalue weighted by atomic mass is 10.1. The van der Waals surface area contributed by atoms with Gasteiger partial charge in [-0.25, -0.2) is 0 Å². The number of phenolic OH excluding ortho intramolecular Hbond substituents is 1. The van der Waals surface area contributed by atoms with E-state index in [-0.39, 0.29) is 23.4 Å². The molecule has 0 fully saturated rings. The number of phenols is 1. The van der Waals surface area contributed by atoms with Gasteiger partial charge in [-0.05, 0) is 0 Å². The van der Waals surface area contributed by atoms with Gasteiger partial charge < -0.3 is 14.6 Å². The maximum atomic E-state index is 11.7. The fraction of sp³-hybridized carbons (Fsp3) is 0.267. The zero-order valence-corrected chi connectivity index (χ0v) is 11.1. The normalized spacial score (nSPS) is 10.7. The van der Waals surface area contributed by atoms with Crippen LogP contribution in [0.25, 0.3) is 10.8 Å². The van der Waals surface area contributed by atoms with Crippen LogP contribution in [-0.4, -0.2) is 18.2 Å². The summed E-state index contributed by atoms with van der Waals surface area (Å²) in [6, 6.07) is 8.69. The Hall–Kier alpha value is -2.23. The van der Waals surface area contributed by atoms with Crippen molar-refractivity contribution in [2.24, 2.45) is 5.92 Å². The predicted octanol–water partition coefficient (Wildman–Crippen LogP) is 3.12. The summed E-state index contributed by atoms with van der Waals surface area (Å²) in [5.74, 6) is 0.174. The lowest BCUT2D eigenvalue weighted by molar-refractivity contribution is -0.137. The number of aromatic hydroxyl groups is 1. The molecule has 4 nitrogen and oxygen atoms in total. The molecule has 19 heavy (non-hydrogen) atoms. The van der Waals surface area contributed by atoms with Gasteiger partial charge in [-0.2, -0.15) is 0 Å². The van der Waals surface area contributed by atoms with E-state index < -0.39 is 0 Å². The Bertz CT molecular complexity index is 617. The third kappa shape index (κ3) is 2.47. The number of ether oxygens (including phenoxy) is 2. The molecule has 0 saturated carbocycles. The second-order valence-electron chi connectivity index (χ2n) is 4.55. The Morgan fingerprint density at radius 2 is 1.79 bits per heavy atom. The molecule has 0 saturated heterocycles. The van der Waals surface area contributed by atoms with Crippen molar-refractivity contribution in [1.82, 2.24) is 0 Å². The Balaban J connectivity index is 2.59. The second kappa shape index (κ2) is 5.18. The third-order valence-corrected chi connectivity index (χ3v) is 2.85. The fourth-order valence-corrected chi connectivity index (χ4v) is 1.77. The van der Waals surface area contributed by atoms with Crippen LogP contribution in [0, 0.1) is 5.92 Å². The average molecular weight is 260 g/mol. The summed E-state index contributed by atoms with van der Waals surface area (Å²) in [5.41, 5.74) is 0. The van der Waals surface area contributed by atoms with Gasteiger partial charge in [-0.15, -0.1) is 0 Å². The number of benzene rings is 2. The van der Waals surface area contributed by atoms with E-state index in [2.05, 4.69) is 0 Å². The zero-order valence-electron chi connectivity index (χ0n) is 11.1. The molecule has 2 aromatic carbocycles. The fourth-order valence-electron chi connectivity index (χ4n) is 1.77. The molecular weight excluding hydrogens is 244 g/mol. The smallest absolute Gasteiger partial charge is 0.313 e. The van der Waals surface area contributed by atoms with Crippen molar-refractivity contribution in [3.63, 3.8) is 0 Å². The molecule has 0 aliphatic heterocycles. The van der Waals surface area contributed by atoms with Gasteiger partial charge in [0, 0.05) is 16.8 Å². The number of carbonyl (C=O) groups is 1. The third-order valence-electron chi connectivity index (χ3n) is 2.85. The molecule has 0 unspecified atom stereocenters. The van der Waals surface area contributed by atoms with Crippen molar-refractivity contribution >= 4 is 16.7 Å². The first kappa shape index (κ1) is 13.2. The maximum absolute atomic E-state index is 11.7. The Kier molecular flexibility index (Phi) is 3.60. The predicted molar refractivity (Wildman–Crippen MR) is 72.6 cm³/mol. The van der Waals surface area contributed by atoms with Crippen molar-refractivity contribution in [3.8, 4) is 17.2 Å². The molecule has 0 atom stereocenters. The van der Waals surface area contributed by atoms with Crippen LogP contribution < -0.4 is 9.47 Å². The number of methoxy groups -OCH3 is 1. The Labute approximate surface area is 111 Å². The zero-order chi connectivity index (χ0) is 14.0. The highest BCUT2D eigenvalue weighted by Crippen LogP contribution is 2.40. The number of carbonyl (C=O) groups excluding carboxylic acids is 1. The van der Waals surface area contributed by atoms with E-state index >= 15 is 0 Å². The second-order valence-corrected chi connectivity index (χ2v) is 4.55. The van der Waals surface area contributed by atoms with Gasteiger partial charge >= 0.3 is 5.97 Å². The molecule has 0 aromatic heterocycles. The minimum Gasteiger partial charge on any atom is -0.504 e. The van der Waals surface area contributed by atoms with Crippen molar-refractivity contribution in [3.05, 3.63) is 30.3 Å². The molecule has 0 radical (unpaired) electrons. The van der Waals surface area contributed by atoms with Crippen LogP contribution in [0.1, 0.15) is 13.8 Å². The van der Waals surface area contributed by atoms with Gasteiger partial charge in [-0.1, -0.05) is 38.1 Å². The van der Waals surface area contributed by atoms with Gasteiger partial charge in [0.25, 0.3) is 0 Å². The van der Waals surface area contributed by atoms with Crippen molar-refractivity contribution in [1.29, 1.82) is 0 Å². The molecule has 0 aliphatic rings. The molecule has 0 bridgehead atoms. The van der Waals surface area contributed by atoms with Crippen molar-refractivity contribution < 1.29 is 19.4 Å². The van der Waals surface area contributed by atoms with E-state index in [1.54, 1.807) is 32.0 Å². The molecule has 2 rings (SSSR count). The van der Waals surface area contributed by atoms with Gasteiger partial charge in [0.15, 0.2) is 11.5 Å². The van der Waals surface area contributed by atoms with E-state index in [0.29, 0.717) is 16.5 Å². The number of fused-ring (bicyclic) bond motifs is 1.